The predicted molar refractivity (Wildman–Crippen MR) is 63.3 cm³/mol. The highest BCUT2D eigenvalue weighted by atomic mass is 35.5. The van der Waals surface area contributed by atoms with Crippen molar-refractivity contribution in [3.05, 3.63) is 29.3 Å². The molecule has 0 unspecified atom stereocenters. The van der Waals surface area contributed by atoms with Crippen molar-refractivity contribution in [2.75, 3.05) is 6.61 Å². The van der Waals surface area contributed by atoms with Gasteiger partial charge in [0.15, 0.2) is 0 Å². The maximum Gasteiger partial charge on any atom is 0.309 e. The zero-order valence-corrected chi connectivity index (χ0v) is 10.0. The lowest BCUT2D eigenvalue weighted by Crippen LogP contribution is -2.67. The highest BCUT2D eigenvalue weighted by molar-refractivity contribution is 6.30. The summed E-state index contributed by atoms with van der Waals surface area (Å²) >= 11 is 5.86. The van der Waals surface area contributed by atoms with E-state index in [-0.39, 0.29) is 5.41 Å². The Morgan fingerprint density at radius 3 is 2.71 bits per heavy atom. The van der Waals surface area contributed by atoms with Crippen LogP contribution in [-0.4, -0.2) is 17.7 Å². The summed E-state index contributed by atoms with van der Waals surface area (Å²) in [6.45, 7) is 0.600. The molecule has 4 heteroatoms. The molecule has 0 heterocycles. The number of carbonyl (C=O) groups is 1. The molecule has 90 valence electrons. The summed E-state index contributed by atoms with van der Waals surface area (Å²) in [5.41, 5.74) is -0.307. The zero-order chi connectivity index (χ0) is 12.1. The average Bonchev–Trinajstić information content (AvgIpc) is 2.13. The lowest BCUT2D eigenvalue weighted by molar-refractivity contribution is -0.231. The number of rotatable bonds is 4. The Labute approximate surface area is 104 Å². The van der Waals surface area contributed by atoms with Crippen LogP contribution in [0.2, 0.25) is 5.02 Å². The number of benzene rings is 1. The van der Waals surface area contributed by atoms with Gasteiger partial charge >= 0.3 is 5.97 Å². The Morgan fingerprint density at radius 1 is 1.41 bits per heavy atom. The summed E-state index contributed by atoms with van der Waals surface area (Å²) in [5.74, 6) is 0.105. The van der Waals surface area contributed by atoms with E-state index < -0.39 is 11.4 Å². The standard InChI is InChI=1S/C13H13ClO3/c14-9-2-1-3-10(4-9)17-8-12-5-13(6-12,7-12)11(15)16/h1-4H,5-8H2,(H,15,16). The fourth-order valence-corrected chi connectivity index (χ4v) is 3.35. The number of halogens is 1. The topological polar surface area (TPSA) is 46.5 Å². The Bertz CT molecular complexity index is 464. The van der Waals surface area contributed by atoms with E-state index in [1.807, 2.05) is 12.1 Å². The van der Waals surface area contributed by atoms with Crippen molar-refractivity contribution >= 4 is 17.6 Å². The number of carboxylic acids is 1. The molecule has 0 spiro atoms. The van der Waals surface area contributed by atoms with Gasteiger partial charge in [0.05, 0.1) is 12.0 Å². The molecule has 0 radical (unpaired) electrons. The molecule has 3 saturated carbocycles. The van der Waals surface area contributed by atoms with Crippen LogP contribution in [0.4, 0.5) is 0 Å². The van der Waals surface area contributed by atoms with E-state index in [4.69, 9.17) is 21.4 Å². The van der Waals surface area contributed by atoms with Gasteiger partial charge in [-0.1, -0.05) is 17.7 Å². The molecule has 4 rings (SSSR count). The SMILES string of the molecule is O=C(O)C12CC(COc3cccc(Cl)c3)(C1)C2. The second-order valence-electron chi connectivity index (χ2n) is 5.36. The van der Waals surface area contributed by atoms with Gasteiger partial charge in [-0.15, -0.1) is 0 Å². The monoisotopic (exact) mass is 252 g/mol. The number of carboxylic acid groups (broad SMARTS) is 1. The van der Waals surface area contributed by atoms with Crippen LogP contribution in [0, 0.1) is 10.8 Å². The van der Waals surface area contributed by atoms with Crippen LogP contribution < -0.4 is 4.74 Å². The number of hydrogen-bond donors (Lipinski definition) is 1. The van der Waals surface area contributed by atoms with E-state index in [9.17, 15) is 4.79 Å². The lowest BCUT2D eigenvalue weighted by Gasteiger charge is -2.67. The molecule has 3 nitrogen and oxygen atoms in total. The molecule has 3 aliphatic rings. The molecule has 1 aromatic carbocycles. The van der Waals surface area contributed by atoms with E-state index in [0.717, 1.165) is 25.0 Å². The maximum absolute atomic E-state index is 10.9. The van der Waals surface area contributed by atoms with Gasteiger partial charge in [0.2, 0.25) is 0 Å². The van der Waals surface area contributed by atoms with E-state index in [0.29, 0.717) is 11.6 Å². The van der Waals surface area contributed by atoms with Crippen molar-refractivity contribution in [1.29, 1.82) is 0 Å². The van der Waals surface area contributed by atoms with Crippen molar-refractivity contribution in [3.8, 4) is 5.75 Å². The maximum atomic E-state index is 10.9. The Balaban J connectivity index is 1.56. The van der Waals surface area contributed by atoms with Crippen molar-refractivity contribution < 1.29 is 14.6 Å². The van der Waals surface area contributed by atoms with Gasteiger partial charge in [-0.25, -0.2) is 0 Å². The van der Waals surface area contributed by atoms with E-state index in [1.165, 1.54) is 0 Å². The van der Waals surface area contributed by atoms with Crippen LogP contribution in [0.5, 0.6) is 5.75 Å². The van der Waals surface area contributed by atoms with Crippen molar-refractivity contribution in [2.45, 2.75) is 19.3 Å². The number of ether oxygens (including phenoxy) is 1. The smallest absolute Gasteiger partial charge is 0.309 e. The van der Waals surface area contributed by atoms with Gasteiger partial charge < -0.3 is 9.84 Å². The first kappa shape index (κ1) is 10.9. The first-order valence-corrected chi connectivity index (χ1v) is 6.03. The van der Waals surface area contributed by atoms with E-state index in [1.54, 1.807) is 12.1 Å². The summed E-state index contributed by atoms with van der Waals surface area (Å²) in [6.07, 6.45) is 2.28. The Morgan fingerprint density at radius 2 is 2.12 bits per heavy atom. The summed E-state index contributed by atoms with van der Waals surface area (Å²) in [6, 6.07) is 7.29. The van der Waals surface area contributed by atoms with Gasteiger partial charge in [-0.05, 0) is 37.5 Å². The average molecular weight is 253 g/mol. The van der Waals surface area contributed by atoms with Crippen molar-refractivity contribution in [2.24, 2.45) is 10.8 Å². The molecule has 1 N–H and O–H groups in total. The second-order valence-corrected chi connectivity index (χ2v) is 5.80. The third-order valence-corrected chi connectivity index (χ3v) is 4.17. The molecule has 2 bridgehead atoms. The normalized spacial score (nSPS) is 33.5. The minimum Gasteiger partial charge on any atom is -0.493 e. The van der Waals surface area contributed by atoms with Crippen LogP contribution in [0.3, 0.4) is 0 Å². The molecule has 0 saturated heterocycles. The minimum absolute atomic E-state index is 0.112. The molecule has 0 atom stereocenters. The number of hydrogen-bond acceptors (Lipinski definition) is 2. The summed E-state index contributed by atoms with van der Waals surface area (Å²) in [5, 5.41) is 9.66. The molecule has 3 aliphatic carbocycles. The second kappa shape index (κ2) is 3.39. The van der Waals surface area contributed by atoms with Gasteiger partial charge in [0.1, 0.15) is 5.75 Å². The predicted octanol–water partition coefficient (Wildman–Crippen LogP) is 2.97. The molecular formula is C13H13ClO3. The van der Waals surface area contributed by atoms with Gasteiger partial charge in [0.25, 0.3) is 0 Å². The molecule has 1 aromatic rings. The third kappa shape index (κ3) is 1.61. The van der Waals surface area contributed by atoms with E-state index >= 15 is 0 Å². The Hall–Kier alpha value is -1.22. The number of aliphatic carboxylic acids is 1. The first-order chi connectivity index (χ1) is 8.04. The quantitative estimate of drug-likeness (QED) is 0.896. The zero-order valence-electron chi connectivity index (χ0n) is 9.28. The van der Waals surface area contributed by atoms with Crippen molar-refractivity contribution in [1.82, 2.24) is 0 Å². The summed E-state index contributed by atoms with van der Waals surface area (Å²) < 4.78 is 5.68. The Kier molecular flexibility index (Phi) is 2.17. The molecule has 0 aromatic heterocycles. The molecule has 0 amide bonds. The fourth-order valence-electron chi connectivity index (χ4n) is 3.17. The molecule has 3 fully saturated rings. The van der Waals surface area contributed by atoms with Crippen LogP contribution in [0.25, 0.3) is 0 Å². The van der Waals surface area contributed by atoms with Gasteiger partial charge in [-0.2, -0.15) is 0 Å². The van der Waals surface area contributed by atoms with Crippen LogP contribution in [0.15, 0.2) is 24.3 Å². The third-order valence-electron chi connectivity index (χ3n) is 3.93. The molecule has 0 aliphatic heterocycles. The van der Waals surface area contributed by atoms with Crippen LogP contribution in [-0.2, 0) is 4.79 Å². The highest BCUT2D eigenvalue weighted by Gasteiger charge is 2.72. The minimum atomic E-state index is -0.651. The van der Waals surface area contributed by atoms with Gasteiger partial charge in [0, 0.05) is 10.4 Å². The largest absolute Gasteiger partial charge is 0.493 e. The van der Waals surface area contributed by atoms with Crippen LogP contribution >= 0.6 is 11.6 Å². The van der Waals surface area contributed by atoms with Crippen LogP contribution in [0.1, 0.15) is 19.3 Å². The molecular weight excluding hydrogens is 240 g/mol. The summed E-state index contributed by atoms with van der Waals surface area (Å²) in [7, 11) is 0. The molecule has 17 heavy (non-hydrogen) atoms. The summed E-state index contributed by atoms with van der Waals surface area (Å²) in [4.78, 5) is 10.9. The van der Waals surface area contributed by atoms with Crippen molar-refractivity contribution in [3.63, 3.8) is 0 Å². The van der Waals surface area contributed by atoms with E-state index in [2.05, 4.69) is 0 Å². The first-order valence-electron chi connectivity index (χ1n) is 5.66. The fraction of sp³-hybridized carbons (Fsp3) is 0.462. The lowest BCUT2D eigenvalue weighted by atomic mass is 9.35. The van der Waals surface area contributed by atoms with Gasteiger partial charge in [-0.3, -0.25) is 4.79 Å². The highest BCUT2D eigenvalue weighted by Crippen LogP contribution is 2.73.